The van der Waals surface area contributed by atoms with Crippen molar-refractivity contribution in [3.8, 4) is 0 Å². The van der Waals surface area contributed by atoms with Crippen LogP contribution < -0.4 is 5.32 Å². The van der Waals surface area contributed by atoms with Crippen molar-refractivity contribution in [3.63, 3.8) is 0 Å². The van der Waals surface area contributed by atoms with Gasteiger partial charge in [-0.2, -0.15) is 0 Å². The fourth-order valence-corrected chi connectivity index (χ4v) is 9.09. The Morgan fingerprint density at radius 1 is 1.20 bits per heavy atom. The molecule has 2 N–H and O–H groups in total. The van der Waals surface area contributed by atoms with E-state index in [1.54, 1.807) is 4.90 Å². The molecule has 1 amide bonds. The van der Waals surface area contributed by atoms with Crippen LogP contribution in [0.1, 0.15) is 85.5 Å². The number of rotatable bonds is 4. The van der Waals surface area contributed by atoms with Gasteiger partial charge in [0.25, 0.3) is 0 Å². The van der Waals surface area contributed by atoms with Crippen molar-refractivity contribution in [2.45, 2.75) is 97.6 Å². The Bertz CT molecular complexity index is 886. The molecule has 5 aliphatic rings. The second kappa shape index (κ2) is 9.48. The zero-order chi connectivity index (χ0) is 25.0. The van der Waals surface area contributed by atoms with Gasteiger partial charge in [0.15, 0.2) is 0 Å². The number of fused-ring (bicyclic) bond motifs is 5. The lowest BCUT2D eigenvalue weighted by Crippen LogP contribution is -2.50. The second-order valence-corrected chi connectivity index (χ2v) is 13.1. The molecule has 196 valence electrons. The number of aliphatic hydroxyl groups excluding tert-OH is 1. The second-order valence-electron chi connectivity index (χ2n) is 13.1. The summed E-state index contributed by atoms with van der Waals surface area (Å²) >= 11 is 0. The van der Waals surface area contributed by atoms with Crippen LogP contribution in [0.3, 0.4) is 0 Å². The topological polar surface area (TPSA) is 74.2 Å². The van der Waals surface area contributed by atoms with Crippen LogP contribution in [0.2, 0.25) is 0 Å². The highest BCUT2D eigenvalue weighted by Crippen LogP contribution is 2.66. The Balaban J connectivity index is 1.24. The Labute approximate surface area is 211 Å². The summed E-state index contributed by atoms with van der Waals surface area (Å²) in [7, 11) is 1.81. The maximum Gasteiger partial charge on any atom is 0.435 e. The van der Waals surface area contributed by atoms with E-state index in [-0.39, 0.29) is 23.0 Å². The minimum Gasteiger partial charge on any atom is -0.393 e. The highest BCUT2D eigenvalue weighted by Gasteiger charge is 2.59. The van der Waals surface area contributed by atoms with Crippen molar-refractivity contribution in [1.82, 2.24) is 10.2 Å². The molecule has 6 heteroatoms. The number of hydrogen-bond donors (Lipinski definition) is 2. The quantitative estimate of drug-likeness (QED) is 0.243. The molecule has 0 spiro atoms. The summed E-state index contributed by atoms with van der Waals surface area (Å²) in [4.78, 5) is 19.8. The van der Waals surface area contributed by atoms with Gasteiger partial charge in [0.2, 0.25) is 0 Å². The van der Waals surface area contributed by atoms with Gasteiger partial charge in [-0.1, -0.05) is 37.6 Å². The van der Waals surface area contributed by atoms with Gasteiger partial charge < -0.3 is 15.3 Å². The first kappa shape index (κ1) is 25.3. The largest absolute Gasteiger partial charge is 0.435 e. The molecule has 5 rings (SSSR count). The van der Waals surface area contributed by atoms with Gasteiger partial charge in [0.05, 0.1) is 11.8 Å². The lowest BCUT2D eigenvalue weighted by atomic mass is 9.47. The first-order valence-electron chi connectivity index (χ1n) is 14.2. The molecule has 0 aromatic rings. The van der Waals surface area contributed by atoms with Crippen LogP contribution in [-0.4, -0.2) is 54.1 Å². The predicted octanol–water partition coefficient (Wildman–Crippen LogP) is 5.37. The molecule has 0 aromatic carbocycles. The Morgan fingerprint density at radius 2 is 2.00 bits per heavy atom. The van der Waals surface area contributed by atoms with E-state index in [1.165, 1.54) is 31.3 Å². The van der Waals surface area contributed by atoms with Crippen LogP contribution in [-0.2, 0) is 4.84 Å². The van der Waals surface area contributed by atoms with Crippen LogP contribution in [0.25, 0.3) is 0 Å². The molecular formula is C29H47N3O3. The number of oxime groups is 1. The van der Waals surface area contributed by atoms with Gasteiger partial charge in [0, 0.05) is 25.6 Å². The lowest BCUT2D eigenvalue weighted by Gasteiger charge is -2.58. The van der Waals surface area contributed by atoms with E-state index >= 15 is 0 Å². The average molecular weight is 486 g/mol. The van der Waals surface area contributed by atoms with Crippen LogP contribution >= 0.6 is 0 Å². The van der Waals surface area contributed by atoms with Gasteiger partial charge in [-0.3, -0.25) is 4.84 Å². The molecule has 0 radical (unpaired) electrons. The fourth-order valence-electron chi connectivity index (χ4n) is 9.09. The van der Waals surface area contributed by atoms with Crippen LogP contribution in [0, 0.1) is 40.4 Å². The van der Waals surface area contributed by atoms with Gasteiger partial charge in [-0.25, -0.2) is 4.79 Å². The minimum atomic E-state index is -0.356. The van der Waals surface area contributed by atoms with Crippen molar-refractivity contribution in [1.29, 1.82) is 0 Å². The molecule has 6 nitrogen and oxygen atoms in total. The van der Waals surface area contributed by atoms with Crippen molar-refractivity contribution in [2.24, 2.45) is 45.6 Å². The number of hydrogen-bond acceptors (Lipinski definition) is 5. The number of carbonyl (C=O) groups is 1. The highest BCUT2D eigenvalue weighted by atomic mass is 16.7. The third-order valence-corrected chi connectivity index (χ3v) is 11.3. The van der Waals surface area contributed by atoms with E-state index in [2.05, 4.69) is 44.2 Å². The van der Waals surface area contributed by atoms with Gasteiger partial charge in [-0.05, 0) is 106 Å². The monoisotopic (exact) mass is 485 g/mol. The van der Waals surface area contributed by atoms with Crippen molar-refractivity contribution in [2.75, 3.05) is 20.1 Å². The van der Waals surface area contributed by atoms with E-state index in [0.717, 1.165) is 56.2 Å². The summed E-state index contributed by atoms with van der Waals surface area (Å²) in [5.41, 5.74) is 3.02. The standard InChI is InChI=1S/C29H47N3O3/c1-18-12-15-30-26(18)17-32(5)27(34)35-31-19(2)23-8-9-24-22-7-6-20-16-21(33)10-13-28(20,3)25(22)11-14-29(23,24)4/h6,18,21-26,30,33H,7-17H2,1-5H3/b31-19+/t18?,21-,22-,23+,24-,25-,26?,28-,29+/m0/s1. The van der Waals surface area contributed by atoms with E-state index in [4.69, 9.17) is 4.84 Å². The number of carbonyl (C=O) groups excluding carboxylic acids is 1. The third kappa shape index (κ3) is 4.37. The number of aliphatic hydroxyl groups is 1. The third-order valence-electron chi connectivity index (χ3n) is 11.3. The summed E-state index contributed by atoms with van der Waals surface area (Å²) in [5.74, 6) is 3.13. The summed E-state index contributed by atoms with van der Waals surface area (Å²) in [5, 5.41) is 18.2. The molecule has 1 saturated heterocycles. The predicted molar refractivity (Wildman–Crippen MR) is 139 cm³/mol. The summed E-state index contributed by atoms with van der Waals surface area (Å²) in [6, 6.07) is 0.335. The van der Waals surface area contributed by atoms with E-state index < -0.39 is 0 Å². The Morgan fingerprint density at radius 3 is 2.74 bits per heavy atom. The van der Waals surface area contributed by atoms with Crippen molar-refractivity contribution < 1.29 is 14.7 Å². The van der Waals surface area contributed by atoms with Gasteiger partial charge >= 0.3 is 6.09 Å². The van der Waals surface area contributed by atoms with E-state index in [0.29, 0.717) is 30.3 Å². The number of allylic oxidation sites excluding steroid dienone is 1. The molecule has 35 heavy (non-hydrogen) atoms. The molecule has 4 aliphatic carbocycles. The molecule has 0 aromatic heterocycles. The molecule has 3 saturated carbocycles. The smallest absolute Gasteiger partial charge is 0.393 e. The van der Waals surface area contributed by atoms with Gasteiger partial charge in [-0.15, -0.1) is 0 Å². The minimum absolute atomic E-state index is 0.144. The normalized spacial score (nSPS) is 45.3. The molecule has 9 atom stereocenters. The maximum atomic E-state index is 12.6. The number of amides is 1. The first-order chi connectivity index (χ1) is 16.6. The summed E-state index contributed by atoms with van der Waals surface area (Å²) in [6.45, 7) is 11.0. The summed E-state index contributed by atoms with van der Waals surface area (Å²) in [6.07, 6.45) is 12.2. The van der Waals surface area contributed by atoms with Crippen molar-refractivity contribution in [3.05, 3.63) is 11.6 Å². The van der Waals surface area contributed by atoms with Crippen molar-refractivity contribution >= 4 is 11.8 Å². The zero-order valence-electron chi connectivity index (χ0n) is 22.6. The highest BCUT2D eigenvalue weighted by molar-refractivity contribution is 5.85. The van der Waals surface area contributed by atoms with E-state index in [1.807, 2.05) is 7.05 Å². The van der Waals surface area contributed by atoms with E-state index in [9.17, 15) is 9.90 Å². The molecule has 1 heterocycles. The van der Waals surface area contributed by atoms with Crippen LogP contribution in [0.4, 0.5) is 4.79 Å². The molecule has 4 fully saturated rings. The van der Waals surface area contributed by atoms with Crippen LogP contribution in [0.5, 0.6) is 0 Å². The zero-order valence-corrected chi connectivity index (χ0v) is 22.6. The average Bonchev–Trinajstić information content (AvgIpc) is 3.39. The number of nitrogens with zero attached hydrogens (tertiary/aromatic N) is 2. The Kier molecular flexibility index (Phi) is 6.84. The first-order valence-corrected chi connectivity index (χ1v) is 14.2. The molecule has 0 bridgehead atoms. The molecule has 1 aliphatic heterocycles. The fraction of sp³-hybridized carbons (Fsp3) is 0.862. The maximum absolute atomic E-state index is 12.6. The lowest BCUT2D eigenvalue weighted by molar-refractivity contribution is -0.0426. The SMILES string of the molecule is C/C(=N\OC(=O)N(C)CC1NCCC1C)[C@H]1CC[C@H]2[C@@H]3CC=C4C[C@@H](O)CC[C@]4(C)[C@H]3CC[C@]12C. The van der Waals surface area contributed by atoms with Gasteiger partial charge in [0.1, 0.15) is 0 Å². The van der Waals surface area contributed by atoms with Crippen LogP contribution in [0.15, 0.2) is 16.8 Å². The molecule has 2 unspecified atom stereocenters. The molecular weight excluding hydrogens is 438 g/mol. The number of likely N-dealkylation sites (N-methyl/N-ethyl adjacent to an activating group) is 1. The Hall–Kier alpha value is -1.40. The number of nitrogens with one attached hydrogen (secondary N) is 1. The summed E-state index contributed by atoms with van der Waals surface area (Å²) < 4.78 is 0.